The Hall–Kier alpha value is -3.56. The summed E-state index contributed by atoms with van der Waals surface area (Å²) in [6.45, 7) is 5.74. The summed E-state index contributed by atoms with van der Waals surface area (Å²) < 4.78 is 4.67. The highest BCUT2D eigenvalue weighted by molar-refractivity contribution is 8.02. The van der Waals surface area contributed by atoms with Gasteiger partial charge in [-0.3, -0.25) is 14.4 Å². The molecule has 4 aliphatic heterocycles. The number of anilines is 1. The van der Waals surface area contributed by atoms with Crippen LogP contribution in [0.15, 0.2) is 78.9 Å². The van der Waals surface area contributed by atoms with Gasteiger partial charge in [0.05, 0.1) is 35.8 Å². The van der Waals surface area contributed by atoms with E-state index in [2.05, 4.69) is 6.92 Å². The van der Waals surface area contributed by atoms with Gasteiger partial charge in [-0.25, -0.2) is 0 Å². The van der Waals surface area contributed by atoms with Crippen LogP contribution in [0.2, 0.25) is 0 Å². The van der Waals surface area contributed by atoms with Gasteiger partial charge in [0.25, 0.3) is 0 Å². The molecule has 0 aromatic heterocycles. The number of ether oxygens (including phenoxy) is 1. The zero-order valence-corrected chi connectivity index (χ0v) is 26.2. The van der Waals surface area contributed by atoms with E-state index in [9.17, 15) is 19.5 Å². The molecule has 8 nitrogen and oxygen atoms in total. The van der Waals surface area contributed by atoms with Crippen molar-refractivity contribution in [3.8, 4) is 5.75 Å². The van der Waals surface area contributed by atoms with Crippen LogP contribution in [-0.2, 0) is 14.4 Å². The van der Waals surface area contributed by atoms with Crippen LogP contribution >= 0.6 is 11.8 Å². The Morgan fingerprint density at radius 2 is 1.73 bits per heavy atom. The SMILES string of the molecule is CCCCCN1CC=C[C@]23S[C@H]4C=CCN(c5ccc(OCC)cc5)C(=O)[C@H]4[C@H]2C(=O)N([C@H](CO)c2ccccc2)C3C1=O. The summed E-state index contributed by atoms with van der Waals surface area (Å²) in [5.74, 6) is -1.17. The van der Waals surface area contributed by atoms with Crippen molar-refractivity contribution >= 4 is 35.2 Å². The normalized spacial score (nSPS) is 28.4. The minimum absolute atomic E-state index is 0.111. The van der Waals surface area contributed by atoms with Gasteiger partial charge >= 0.3 is 0 Å². The minimum atomic E-state index is -0.937. The molecule has 0 bridgehead atoms. The fourth-order valence-electron chi connectivity index (χ4n) is 7.36. The number of thioether (sulfide) groups is 1. The molecule has 2 saturated heterocycles. The summed E-state index contributed by atoms with van der Waals surface area (Å²) in [6.07, 6.45) is 11.0. The Bertz CT molecular complexity index is 1430. The number of hydrogen-bond donors (Lipinski definition) is 1. The number of amides is 3. The summed E-state index contributed by atoms with van der Waals surface area (Å²) in [4.78, 5) is 49.1. The molecular weight excluding hydrogens is 574 g/mol. The van der Waals surface area contributed by atoms with E-state index in [-0.39, 0.29) is 29.6 Å². The number of hydrogen-bond acceptors (Lipinski definition) is 6. The van der Waals surface area contributed by atoms with Crippen LogP contribution in [0.25, 0.3) is 0 Å². The van der Waals surface area contributed by atoms with E-state index in [1.165, 1.54) is 0 Å². The molecule has 2 aromatic rings. The van der Waals surface area contributed by atoms with E-state index in [1.54, 1.807) is 21.6 Å². The minimum Gasteiger partial charge on any atom is -0.494 e. The third kappa shape index (κ3) is 5.13. The van der Waals surface area contributed by atoms with Gasteiger partial charge in [-0.2, -0.15) is 0 Å². The van der Waals surface area contributed by atoms with E-state index in [1.807, 2.05) is 90.7 Å². The number of nitrogens with zero attached hydrogens (tertiary/aromatic N) is 3. The molecule has 3 amide bonds. The number of likely N-dealkylation sites (tertiary alicyclic amines) is 1. The number of unbranched alkanes of at least 4 members (excludes halogenated alkanes) is 2. The summed E-state index contributed by atoms with van der Waals surface area (Å²) in [5, 5.41) is 10.5. The van der Waals surface area contributed by atoms with Gasteiger partial charge in [-0.05, 0) is 43.2 Å². The van der Waals surface area contributed by atoms with Crippen LogP contribution in [0.4, 0.5) is 5.69 Å². The van der Waals surface area contributed by atoms with Crippen LogP contribution in [0.5, 0.6) is 5.75 Å². The lowest BCUT2D eigenvalue weighted by atomic mass is 9.78. The van der Waals surface area contributed by atoms with Crippen molar-refractivity contribution in [1.29, 1.82) is 0 Å². The number of carbonyl (C=O) groups excluding carboxylic acids is 3. The Morgan fingerprint density at radius 3 is 2.43 bits per heavy atom. The average Bonchev–Trinajstić information content (AvgIpc) is 3.35. The fraction of sp³-hybridized carbons (Fsp3) is 0.457. The molecule has 44 heavy (non-hydrogen) atoms. The molecule has 1 unspecified atom stereocenters. The highest BCUT2D eigenvalue weighted by Crippen LogP contribution is 2.62. The van der Waals surface area contributed by atoms with E-state index < -0.39 is 28.7 Å². The van der Waals surface area contributed by atoms with Gasteiger partial charge in [0.1, 0.15) is 11.8 Å². The predicted octanol–water partition coefficient (Wildman–Crippen LogP) is 4.61. The van der Waals surface area contributed by atoms with Gasteiger partial charge in [0.15, 0.2) is 0 Å². The smallest absolute Gasteiger partial charge is 0.247 e. The molecule has 9 heteroatoms. The lowest BCUT2D eigenvalue weighted by Gasteiger charge is -2.38. The van der Waals surface area contributed by atoms with Crippen LogP contribution in [0.3, 0.4) is 0 Å². The third-order valence-corrected chi connectivity index (χ3v) is 11.1. The van der Waals surface area contributed by atoms with Crippen molar-refractivity contribution in [2.75, 3.05) is 37.7 Å². The van der Waals surface area contributed by atoms with E-state index >= 15 is 0 Å². The molecule has 0 saturated carbocycles. The Morgan fingerprint density at radius 1 is 0.955 bits per heavy atom. The van der Waals surface area contributed by atoms with E-state index in [0.29, 0.717) is 26.2 Å². The van der Waals surface area contributed by atoms with Gasteiger partial charge in [-0.1, -0.05) is 74.4 Å². The van der Waals surface area contributed by atoms with Crippen molar-refractivity contribution in [3.05, 3.63) is 84.5 Å². The number of rotatable bonds is 10. The summed E-state index contributed by atoms with van der Waals surface area (Å²) in [5.41, 5.74) is 1.50. The average molecular weight is 616 g/mol. The van der Waals surface area contributed by atoms with Crippen molar-refractivity contribution in [2.45, 2.75) is 55.2 Å². The molecule has 0 aliphatic carbocycles. The maximum absolute atomic E-state index is 14.8. The lowest BCUT2D eigenvalue weighted by molar-refractivity contribution is -0.145. The van der Waals surface area contributed by atoms with Gasteiger partial charge in [0.2, 0.25) is 17.7 Å². The molecule has 6 rings (SSSR count). The number of aliphatic hydroxyl groups excluding tert-OH is 1. The number of carbonyl (C=O) groups is 3. The van der Waals surface area contributed by atoms with Crippen LogP contribution in [-0.4, -0.2) is 81.5 Å². The Kier molecular flexibility index (Phi) is 8.87. The molecule has 6 atom stereocenters. The molecule has 1 spiro atoms. The lowest BCUT2D eigenvalue weighted by Crippen LogP contribution is -2.54. The van der Waals surface area contributed by atoms with Crippen molar-refractivity contribution in [3.63, 3.8) is 0 Å². The molecule has 232 valence electrons. The van der Waals surface area contributed by atoms with E-state index in [4.69, 9.17) is 4.74 Å². The first-order valence-corrected chi connectivity index (χ1v) is 16.7. The molecule has 4 aliphatic rings. The second-order valence-corrected chi connectivity index (χ2v) is 13.4. The highest BCUT2D eigenvalue weighted by atomic mass is 32.2. The van der Waals surface area contributed by atoms with Crippen LogP contribution in [0, 0.1) is 11.8 Å². The number of aliphatic hydroxyl groups is 1. The molecular formula is C35H41N3O5S. The van der Waals surface area contributed by atoms with Gasteiger partial charge < -0.3 is 24.5 Å². The third-order valence-electron chi connectivity index (χ3n) is 9.36. The molecule has 1 N–H and O–H groups in total. The first-order chi connectivity index (χ1) is 21.4. The molecule has 2 fully saturated rings. The molecule has 0 radical (unpaired) electrons. The van der Waals surface area contributed by atoms with Crippen molar-refractivity contribution < 1.29 is 24.2 Å². The quantitative estimate of drug-likeness (QED) is 0.310. The van der Waals surface area contributed by atoms with Gasteiger partial charge in [0, 0.05) is 30.6 Å². The van der Waals surface area contributed by atoms with Crippen LogP contribution < -0.4 is 9.64 Å². The van der Waals surface area contributed by atoms with Crippen molar-refractivity contribution in [1.82, 2.24) is 9.80 Å². The number of fused-ring (bicyclic) bond motifs is 2. The standard InChI is InChI=1S/C35H41N3O5S/c1-3-5-9-20-36-21-11-19-35-30(33(41)38(31(35)34(36)42)27(23-39)24-12-7-6-8-13-24)29-28(44-35)14-10-22-37(32(29)40)25-15-17-26(18-16-25)43-4-2/h6-8,10-19,27-31,39H,3-5,9,20-23H2,1-2H3/t27-,28+,29-,30+,31?,35+/m1/s1. The van der Waals surface area contributed by atoms with E-state index in [0.717, 1.165) is 36.3 Å². The van der Waals surface area contributed by atoms with Crippen molar-refractivity contribution in [2.24, 2.45) is 11.8 Å². The Balaban J connectivity index is 1.42. The fourth-order valence-corrected chi connectivity index (χ4v) is 9.36. The highest BCUT2D eigenvalue weighted by Gasteiger charge is 2.71. The summed E-state index contributed by atoms with van der Waals surface area (Å²) >= 11 is 1.57. The zero-order chi connectivity index (χ0) is 30.8. The maximum atomic E-state index is 14.8. The molecule has 4 heterocycles. The number of benzene rings is 2. The monoisotopic (exact) mass is 615 g/mol. The summed E-state index contributed by atoms with van der Waals surface area (Å²) in [7, 11) is 0. The summed E-state index contributed by atoms with van der Waals surface area (Å²) in [6, 6.07) is 15.3. The predicted molar refractivity (Wildman–Crippen MR) is 172 cm³/mol. The topological polar surface area (TPSA) is 90.4 Å². The van der Waals surface area contributed by atoms with Gasteiger partial charge in [-0.15, -0.1) is 11.8 Å². The largest absolute Gasteiger partial charge is 0.494 e. The zero-order valence-electron chi connectivity index (χ0n) is 25.4. The maximum Gasteiger partial charge on any atom is 0.247 e. The van der Waals surface area contributed by atoms with Crippen LogP contribution in [0.1, 0.15) is 44.7 Å². The second kappa shape index (κ2) is 12.8. The first kappa shape index (κ1) is 30.5. The molecule has 2 aromatic carbocycles. The first-order valence-electron chi connectivity index (χ1n) is 15.8. The second-order valence-electron chi connectivity index (χ2n) is 11.9. The Labute approximate surface area is 263 Å².